The van der Waals surface area contributed by atoms with Gasteiger partial charge in [-0.1, -0.05) is 12.1 Å². The van der Waals surface area contributed by atoms with Crippen LogP contribution in [0.3, 0.4) is 0 Å². The summed E-state index contributed by atoms with van der Waals surface area (Å²) in [6.07, 6.45) is 2.84. The van der Waals surface area contributed by atoms with Crippen LogP contribution in [0, 0.1) is 0 Å². The van der Waals surface area contributed by atoms with Crippen LogP contribution in [0.15, 0.2) is 53.7 Å². The molecule has 0 spiro atoms. The van der Waals surface area contributed by atoms with E-state index in [4.69, 9.17) is 9.84 Å². The molecule has 0 aliphatic carbocycles. The van der Waals surface area contributed by atoms with Crippen molar-refractivity contribution in [2.24, 2.45) is 7.05 Å². The molecule has 9 heteroatoms. The van der Waals surface area contributed by atoms with Gasteiger partial charge in [0.05, 0.1) is 10.5 Å². The van der Waals surface area contributed by atoms with Gasteiger partial charge < -0.3 is 9.84 Å². The lowest BCUT2D eigenvalue weighted by atomic mass is 10.0. The van der Waals surface area contributed by atoms with Crippen molar-refractivity contribution in [3.63, 3.8) is 0 Å². The van der Waals surface area contributed by atoms with Crippen molar-refractivity contribution in [3.05, 3.63) is 48.8 Å². The second-order valence-electron chi connectivity index (χ2n) is 5.55. The van der Waals surface area contributed by atoms with E-state index in [2.05, 4.69) is 10.1 Å². The first-order valence-corrected chi connectivity index (χ1v) is 9.35. The van der Waals surface area contributed by atoms with E-state index in [1.54, 1.807) is 43.7 Å². The van der Waals surface area contributed by atoms with Crippen molar-refractivity contribution in [2.45, 2.75) is 4.90 Å². The lowest BCUT2D eigenvalue weighted by molar-refractivity contribution is 0.140. The number of aryl methyl sites for hydroxylation is 1. The van der Waals surface area contributed by atoms with Crippen LogP contribution in [0.4, 0.5) is 4.79 Å². The van der Waals surface area contributed by atoms with Gasteiger partial charge in [0, 0.05) is 31.3 Å². The number of hydrogen-bond donors (Lipinski definition) is 1. The number of hydrogen-bond acceptors (Lipinski definition) is 6. The average Bonchev–Trinajstić information content (AvgIpc) is 2.91. The van der Waals surface area contributed by atoms with E-state index in [1.165, 1.54) is 16.8 Å². The molecule has 134 valence electrons. The summed E-state index contributed by atoms with van der Waals surface area (Å²) in [5.74, 6) is 0.0383. The van der Waals surface area contributed by atoms with E-state index in [1.807, 2.05) is 0 Å². The molecule has 8 nitrogen and oxygen atoms in total. The van der Waals surface area contributed by atoms with Gasteiger partial charge in [0.2, 0.25) is 5.88 Å². The predicted molar refractivity (Wildman–Crippen MR) is 93.6 cm³/mol. The van der Waals surface area contributed by atoms with E-state index in [0.29, 0.717) is 16.8 Å². The van der Waals surface area contributed by atoms with Gasteiger partial charge in [-0.25, -0.2) is 17.9 Å². The topological polar surface area (TPSA) is 111 Å². The van der Waals surface area contributed by atoms with Crippen molar-refractivity contribution in [3.8, 4) is 28.3 Å². The summed E-state index contributed by atoms with van der Waals surface area (Å²) in [4.78, 5) is 15.2. The van der Waals surface area contributed by atoms with Gasteiger partial charge in [0.25, 0.3) is 0 Å². The highest BCUT2D eigenvalue weighted by atomic mass is 32.2. The first kappa shape index (κ1) is 17.6. The van der Waals surface area contributed by atoms with Crippen LogP contribution >= 0.6 is 0 Å². The number of carbonyl (C=O) groups is 1. The standard InChI is InChI=1S/C17H15N3O5S/c1-20-16(25-17(21)22)14(15(19-20)12-7-9-18-10-8-12)11-3-5-13(6-4-11)26(2,23)24/h3-10H,1-2H3,(H,21,22). The Morgan fingerprint density at radius 1 is 1.08 bits per heavy atom. The Bertz CT molecular complexity index is 1060. The number of rotatable bonds is 4. The Morgan fingerprint density at radius 2 is 1.69 bits per heavy atom. The molecular formula is C17H15N3O5S. The molecule has 2 aromatic heterocycles. The third-order valence-corrected chi connectivity index (χ3v) is 4.83. The largest absolute Gasteiger partial charge is 0.512 e. The molecule has 0 atom stereocenters. The third kappa shape index (κ3) is 3.42. The van der Waals surface area contributed by atoms with Crippen molar-refractivity contribution in [1.29, 1.82) is 0 Å². The zero-order valence-corrected chi connectivity index (χ0v) is 14.8. The SMILES string of the molecule is Cn1nc(-c2ccncc2)c(-c2ccc(S(C)(=O)=O)cc2)c1OC(=O)O. The quantitative estimate of drug-likeness (QED) is 0.700. The van der Waals surface area contributed by atoms with E-state index in [0.717, 1.165) is 11.8 Å². The monoisotopic (exact) mass is 373 g/mol. The number of carboxylic acid groups (broad SMARTS) is 1. The summed E-state index contributed by atoms with van der Waals surface area (Å²) < 4.78 is 29.6. The summed E-state index contributed by atoms with van der Waals surface area (Å²) in [5.41, 5.74) is 2.24. The molecule has 0 aliphatic rings. The maximum atomic E-state index is 11.7. The fourth-order valence-electron chi connectivity index (χ4n) is 2.55. The van der Waals surface area contributed by atoms with E-state index in [-0.39, 0.29) is 10.8 Å². The highest BCUT2D eigenvalue weighted by Gasteiger charge is 2.23. The molecule has 0 radical (unpaired) electrons. The molecule has 3 rings (SSSR count). The van der Waals surface area contributed by atoms with Gasteiger partial charge in [0.15, 0.2) is 9.84 Å². The molecule has 1 N–H and O–H groups in total. The average molecular weight is 373 g/mol. The molecule has 0 saturated heterocycles. The van der Waals surface area contributed by atoms with Crippen LogP contribution in [0.5, 0.6) is 5.88 Å². The molecule has 26 heavy (non-hydrogen) atoms. The van der Waals surface area contributed by atoms with Gasteiger partial charge in [-0.05, 0) is 29.8 Å². The molecule has 3 aromatic rings. The number of sulfone groups is 1. The first-order chi connectivity index (χ1) is 12.3. The molecule has 1 aromatic carbocycles. The number of ether oxygens (including phenoxy) is 1. The number of benzene rings is 1. The van der Waals surface area contributed by atoms with Crippen LogP contribution in [0.1, 0.15) is 0 Å². The van der Waals surface area contributed by atoms with Crippen molar-refractivity contribution >= 4 is 16.0 Å². The number of pyridine rings is 1. The molecule has 0 saturated carbocycles. The molecule has 0 aliphatic heterocycles. The van der Waals surface area contributed by atoms with E-state index >= 15 is 0 Å². The summed E-state index contributed by atoms with van der Waals surface area (Å²) in [7, 11) is -1.78. The van der Waals surface area contributed by atoms with E-state index in [9.17, 15) is 13.2 Å². The second-order valence-corrected chi connectivity index (χ2v) is 7.57. The van der Waals surface area contributed by atoms with Crippen LogP contribution in [-0.2, 0) is 16.9 Å². The fraction of sp³-hybridized carbons (Fsp3) is 0.118. The van der Waals surface area contributed by atoms with Crippen molar-refractivity contribution in [2.75, 3.05) is 6.26 Å². The van der Waals surface area contributed by atoms with Gasteiger partial charge in [-0.15, -0.1) is 0 Å². The summed E-state index contributed by atoms with van der Waals surface area (Å²) in [6.45, 7) is 0. The minimum atomic E-state index is -3.34. The van der Waals surface area contributed by atoms with Crippen LogP contribution in [0.2, 0.25) is 0 Å². The van der Waals surface area contributed by atoms with E-state index < -0.39 is 16.0 Å². The van der Waals surface area contributed by atoms with Crippen molar-refractivity contribution in [1.82, 2.24) is 14.8 Å². The minimum Gasteiger partial charge on any atom is -0.449 e. The van der Waals surface area contributed by atoms with Gasteiger partial charge >= 0.3 is 6.16 Å². The smallest absolute Gasteiger partial charge is 0.449 e. The Kier molecular flexibility index (Phi) is 4.47. The Hall–Kier alpha value is -3.20. The molecule has 0 unspecified atom stereocenters. The normalized spacial score (nSPS) is 11.3. The van der Waals surface area contributed by atoms with Gasteiger partial charge in [-0.2, -0.15) is 5.10 Å². The number of aromatic nitrogens is 3. The maximum Gasteiger partial charge on any atom is 0.512 e. The highest BCUT2D eigenvalue weighted by Crippen LogP contribution is 2.39. The number of nitrogens with zero attached hydrogens (tertiary/aromatic N) is 3. The zero-order chi connectivity index (χ0) is 18.9. The minimum absolute atomic E-state index is 0.0383. The Labute approximate surface area is 149 Å². The molecule has 0 amide bonds. The predicted octanol–water partition coefficient (Wildman–Crippen LogP) is 2.61. The molecule has 0 bridgehead atoms. The zero-order valence-electron chi connectivity index (χ0n) is 13.9. The van der Waals surface area contributed by atoms with Crippen LogP contribution in [-0.4, -0.2) is 40.7 Å². The molecule has 2 heterocycles. The molecular weight excluding hydrogens is 358 g/mol. The van der Waals surface area contributed by atoms with Crippen molar-refractivity contribution < 1.29 is 23.1 Å². The lowest BCUT2D eigenvalue weighted by Gasteiger charge is -2.07. The maximum absolute atomic E-state index is 11.7. The third-order valence-electron chi connectivity index (χ3n) is 3.70. The fourth-order valence-corrected chi connectivity index (χ4v) is 3.18. The van der Waals surface area contributed by atoms with Crippen LogP contribution in [0.25, 0.3) is 22.4 Å². The van der Waals surface area contributed by atoms with Gasteiger partial charge in [0.1, 0.15) is 5.69 Å². The second kappa shape index (κ2) is 6.60. The Balaban J connectivity index is 2.22. The van der Waals surface area contributed by atoms with Crippen LogP contribution < -0.4 is 4.74 Å². The highest BCUT2D eigenvalue weighted by molar-refractivity contribution is 7.90. The Morgan fingerprint density at radius 3 is 2.23 bits per heavy atom. The van der Waals surface area contributed by atoms with Gasteiger partial charge in [-0.3, -0.25) is 4.98 Å². The first-order valence-electron chi connectivity index (χ1n) is 7.46. The summed E-state index contributed by atoms with van der Waals surface area (Å²) in [5, 5.41) is 13.4. The summed E-state index contributed by atoms with van der Waals surface area (Å²) >= 11 is 0. The summed E-state index contributed by atoms with van der Waals surface area (Å²) in [6, 6.07) is 9.57. The lowest BCUT2D eigenvalue weighted by Crippen LogP contribution is -2.07. The molecule has 0 fully saturated rings.